The van der Waals surface area contributed by atoms with Crippen molar-refractivity contribution in [3.8, 4) is 5.69 Å². The third kappa shape index (κ3) is 5.16. The van der Waals surface area contributed by atoms with Crippen LogP contribution in [-0.4, -0.2) is 28.0 Å². The number of nitrogens with zero attached hydrogens (tertiary/aromatic N) is 3. The molecule has 1 amide bonds. The molecule has 0 saturated heterocycles. The molecule has 0 spiro atoms. The van der Waals surface area contributed by atoms with Gasteiger partial charge in [0.1, 0.15) is 11.6 Å². The van der Waals surface area contributed by atoms with E-state index in [-0.39, 0.29) is 30.3 Å². The lowest BCUT2D eigenvalue weighted by molar-refractivity contribution is -0.137. The second-order valence-electron chi connectivity index (χ2n) is 10.1. The Labute approximate surface area is 235 Å². The van der Waals surface area contributed by atoms with E-state index in [1.54, 1.807) is 21.7 Å². The van der Waals surface area contributed by atoms with E-state index in [0.29, 0.717) is 29.1 Å². The molecule has 1 aliphatic heterocycles. The number of para-hydroxylation sites is 1. The first kappa shape index (κ1) is 28.3. The van der Waals surface area contributed by atoms with E-state index < -0.39 is 29.4 Å². The van der Waals surface area contributed by atoms with Crippen molar-refractivity contribution < 1.29 is 27.2 Å². The van der Waals surface area contributed by atoms with Gasteiger partial charge in [-0.1, -0.05) is 49.4 Å². The van der Waals surface area contributed by atoms with Gasteiger partial charge in [-0.3, -0.25) is 14.5 Å². The summed E-state index contributed by atoms with van der Waals surface area (Å²) in [6.45, 7) is 5.75. The molecule has 1 aliphatic rings. The molecule has 212 valence electrons. The maximum atomic E-state index is 14.6. The zero-order valence-corrected chi connectivity index (χ0v) is 22.9. The van der Waals surface area contributed by atoms with E-state index in [1.165, 1.54) is 18.2 Å². The highest BCUT2D eigenvalue weighted by atomic mass is 19.4. The van der Waals surface area contributed by atoms with Crippen LogP contribution in [0.2, 0.25) is 0 Å². The number of amides is 1. The highest BCUT2D eigenvalue weighted by molar-refractivity contribution is 6.04. The number of halogens is 4. The molecule has 0 saturated carbocycles. The van der Waals surface area contributed by atoms with Gasteiger partial charge in [-0.15, -0.1) is 0 Å². The highest BCUT2D eigenvalue weighted by Gasteiger charge is 2.45. The topological polar surface area (TPSA) is 55.2 Å². The smallest absolute Gasteiger partial charge is 0.296 e. The van der Waals surface area contributed by atoms with Gasteiger partial charge < -0.3 is 0 Å². The lowest BCUT2D eigenvalue weighted by Crippen LogP contribution is -2.45. The van der Waals surface area contributed by atoms with Gasteiger partial charge in [-0.05, 0) is 61.7 Å². The summed E-state index contributed by atoms with van der Waals surface area (Å²) in [6, 6.07) is 18.3. The highest BCUT2D eigenvalue weighted by Crippen LogP contribution is 2.47. The summed E-state index contributed by atoms with van der Waals surface area (Å²) < 4.78 is 56.4. The number of Topliss-reactive ketones (excluding diaryl/α,β-unsaturated/α-hetero) is 1. The van der Waals surface area contributed by atoms with Gasteiger partial charge in [0, 0.05) is 30.0 Å². The Bertz CT molecular complexity index is 1610. The van der Waals surface area contributed by atoms with Crippen LogP contribution in [0.3, 0.4) is 0 Å². The molecule has 4 aromatic rings. The average molecular weight is 564 g/mol. The monoisotopic (exact) mass is 563 g/mol. The largest absolute Gasteiger partial charge is 0.416 e. The molecule has 0 N–H and O–H groups in total. The van der Waals surface area contributed by atoms with Crippen molar-refractivity contribution in [2.24, 2.45) is 5.92 Å². The van der Waals surface area contributed by atoms with Gasteiger partial charge >= 0.3 is 6.18 Å². The van der Waals surface area contributed by atoms with E-state index in [4.69, 9.17) is 5.10 Å². The zero-order valence-electron chi connectivity index (χ0n) is 22.9. The second-order valence-corrected chi connectivity index (χ2v) is 10.1. The Morgan fingerprint density at radius 2 is 1.71 bits per heavy atom. The first-order chi connectivity index (χ1) is 19.5. The molecule has 0 radical (unpaired) electrons. The number of carbonyl (C=O) groups excluding carboxylic acids is 2. The Morgan fingerprint density at radius 1 is 0.976 bits per heavy atom. The summed E-state index contributed by atoms with van der Waals surface area (Å²) in [4.78, 5) is 29.3. The molecule has 3 aromatic carbocycles. The predicted molar refractivity (Wildman–Crippen MR) is 148 cm³/mol. The zero-order chi connectivity index (χ0) is 29.5. The minimum atomic E-state index is -4.61. The van der Waals surface area contributed by atoms with Gasteiger partial charge in [-0.25, -0.2) is 9.07 Å². The second kappa shape index (κ2) is 11.0. The molecule has 0 unspecified atom stereocenters. The number of aromatic nitrogens is 2. The first-order valence-electron chi connectivity index (χ1n) is 13.5. The van der Waals surface area contributed by atoms with Crippen LogP contribution in [0, 0.1) is 18.7 Å². The lowest BCUT2D eigenvalue weighted by Gasteiger charge is -2.38. The molecule has 5 rings (SSSR count). The van der Waals surface area contributed by atoms with Gasteiger partial charge in [0.2, 0.25) is 5.91 Å². The Hall–Kier alpha value is -4.27. The van der Waals surface area contributed by atoms with Crippen molar-refractivity contribution in [2.45, 2.75) is 45.7 Å². The fourth-order valence-corrected chi connectivity index (χ4v) is 5.70. The van der Waals surface area contributed by atoms with Crippen molar-refractivity contribution in [2.75, 3.05) is 11.4 Å². The Morgan fingerprint density at radius 3 is 2.37 bits per heavy atom. The van der Waals surface area contributed by atoms with Gasteiger partial charge in [0.15, 0.2) is 5.78 Å². The molecule has 0 fully saturated rings. The molecule has 41 heavy (non-hydrogen) atoms. The molecule has 0 aliphatic carbocycles. The van der Waals surface area contributed by atoms with Crippen LogP contribution in [0.15, 0.2) is 72.8 Å². The number of hydrogen-bond donors (Lipinski definition) is 0. The van der Waals surface area contributed by atoms with E-state index in [2.05, 4.69) is 0 Å². The minimum Gasteiger partial charge on any atom is -0.296 e. The van der Waals surface area contributed by atoms with E-state index >= 15 is 0 Å². The SMILES string of the molecule is CCc1cc([C@H]2c3c(C)nn(-c4ccccc4)c3N(CC)C(=O)[C@H]2CC(=O)c2cccc(C(F)(F)F)c2)ccc1F. The molecule has 5 nitrogen and oxygen atoms in total. The molecular formula is C32H29F4N3O2. The number of aryl methyl sites for hydroxylation is 2. The van der Waals surface area contributed by atoms with Crippen molar-refractivity contribution in [1.29, 1.82) is 0 Å². The molecule has 1 aromatic heterocycles. The van der Waals surface area contributed by atoms with Gasteiger partial charge in [0.05, 0.1) is 22.9 Å². The number of benzene rings is 3. The van der Waals surface area contributed by atoms with Gasteiger partial charge in [0.25, 0.3) is 0 Å². The van der Waals surface area contributed by atoms with Crippen LogP contribution in [0.25, 0.3) is 5.69 Å². The number of anilines is 1. The normalized spacial score (nSPS) is 17.0. The Balaban J connectivity index is 1.68. The van der Waals surface area contributed by atoms with E-state index in [0.717, 1.165) is 23.4 Å². The maximum Gasteiger partial charge on any atom is 0.416 e. The molecule has 2 atom stereocenters. The van der Waals surface area contributed by atoms with E-state index in [9.17, 15) is 27.2 Å². The fourth-order valence-electron chi connectivity index (χ4n) is 5.70. The molecule has 0 bridgehead atoms. The summed E-state index contributed by atoms with van der Waals surface area (Å²) >= 11 is 0. The van der Waals surface area contributed by atoms with Gasteiger partial charge in [-0.2, -0.15) is 18.3 Å². The molecular weight excluding hydrogens is 534 g/mol. The van der Waals surface area contributed by atoms with Crippen LogP contribution in [0.5, 0.6) is 0 Å². The Kier molecular flexibility index (Phi) is 7.55. The number of ketones is 1. The van der Waals surface area contributed by atoms with E-state index in [1.807, 2.05) is 51.1 Å². The number of hydrogen-bond acceptors (Lipinski definition) is 3. The lowest BCUT2D eigenvalue weighted by atomic mass is 9.74. The fraction of sp³-hybridized carbons (Fsp3) is 0.281. The summed E-state index contributed by atoms with van der Waals surface area (Å²) in [6.07, 6.45) is -4.51. The van der Waals surface area contributed by atoms with Crippen LogP contribution < -0.4 is 4.90 Å². The number of fused-ring (bicyclic) bond motifs is 1. The van der Waals surface area contributed by atoms with Crippen molar-refractivity contribution in [3.63, 3.8) is 0 Å². The quantitative estimate of drug-likeness (QED) is 0.175. The van der Waals surface area contributed by atoms with Crippen LogP contribution in [0.1, 0.15) is 64.5 Å². The number of alkyl halides is 3. The minimum absolute atomic E-state index is 0.120. The van der Waals surface area contributed by atoms with Crippen molar-refractivity contribution in [3.05, 3.63) is 112 Å². The third-order valence-electron chi connectivity index (χ3n) is 7.68. The van der Waals surface area contributed by atoms with Crippen LogP contribution in [-0.2, 0) is 17.4 Å². The van der Waals surface area contributed by atoms with Crippen molar-refractivity contribution in [1.82, 2.24) is 9.78 Å². The number of carbonyl (C=O) groups is 2. The molecule has 9 heteroatoms. The summed E-state index contributed by atoms with van der Waals surface area (Å²) in [5, 5.41) is 4.78. The maximum absolute atomic E-state index is 14.6. The predicted octanol–water partition coefficient (Wildman–Crippen LogP) is 7.29. The van der Waals surface area contributed by atoms with Crippen LogP contribution >= 0.6 is 0 Å². The summed E-state index contributed by atoms with van der Waals surface area (Å²) in [7, 11) is 0. The molecule has 2 heterocycles. The number of rotatable bonds is 7. The first-order valence-corrected chi connectivity index (χ1v) is 13.5. The standard InChI is InChI=1S/C32H29F4N3O2/c1-4-20-16-22(14-15-26(20)33)29-25(18-27(40)21-10-9-11-23(17-21)32(34,35)36)31(41)38(5-2)30-28(29)19(3)37-39(30)24-12-7-6-8-13-24/h6-17,25,29H,4-5,18H2,1-3H3/t25-,29+/m0/s1. The summed E-state index contributed by atoms with van der Waals surface area (Å²) in [5.41, 5.74) is 2.17. The summed E-state index contributed by atoms with van der Waals surface area (Å²) in [5.74, 6) is -2.33. The third-order valence-corrected chi connectivity index (χ3v) is 7.68. The van der Waals surface area contributed by atoms with Crippen LogP contribution in [0.4, 0.5) is 23.4 Å². The van der Waals surface area contributed by atoms with Crippen molar-refractivity contribution >= 4 is 17.5 Å². The average Bonchev–Trinajstić information content (AvgIpc) is 3.30.